The van der Waals surface area contributed by atoms with Crippen LogP contribution in [0.5, 0.6) is 5.75 Å². The van der Waals surface area contributed by atoms with Crippen LogP contribution < -0.4 is 10.1 Å². The molecule has 0 saturated carbocycles. The maximum Gasteiger partial charge on any atom is 0.241 e. The van der Waals surface area contributed by atoms with Crippen LogP contribution in [-0.4, -0.2) is 35.5 Å². The number of anilines is 1. The van der Waals surface area contributed by atoms with E-state index in [1.807, 2.05) is 53.4 Å². The fourth-order valence-corrected chi connectivity index (χ4v) is 4.23. The van der Waals surface area contributed by atoms with E-state index in [0.717, 1.165) is 47.6 Å². The number of methoxy groups -OCH3 is 1. The van der Waals surface area contributed by atoms with Crippen molar-refractivity contribution in [2.24, 2.45) is 0 Å². The first-order valence-corrected chi connectivity index (χ1v) is 10.3. The highest BCUT2D eigenvalue weighted by Gasteiger charge is 2.31. The van der Waals surface area contributed by atoms with Crippen LogP contribution in [0.15, 0.2) is 59.4 Å². The SMILES string of the molecule is COc1ccccc1CN1CCC[C@@H]1C(=O)Nc1ccc(-c2cscn2)cc1. The molecule has 1 fully saturated rings. The molecule has 0 radical (unpaired) electrons. The van der Waals surface area contributed by atoms with Gasteiger partial charge in [-0.15, -0.1) is 11.3 Å². The number of amides is 1. The van der Waals surface area contributed by atoms with E-state index >= 15 is 0 Å². The van der Waals surface area contributed by atoms with E-state index in [1.165, 1.54) is 0 Å². The number of ether oxygens (including phenoxy) is 1. The highest BCUT2D eigenvalue weighted by Crippen LogP contribution is 2.26. The molecule has 6 heteroatoms. The lowest BCUT2D eigenvalue weighted by molar-refractivity contribution is -0.120. The van der Waals surface area contributed by atoms with Crippen LogP contribution in [0.25, 0.3) is 11.3 Å². The van der Waals surface area contributed by atoms with Crippen LogP contribution in [-0.2, 0) is 11.3 Å². The third-order valence-corrected chi connectivity index (χ3v) is 5.70. The van der Waals surface area contributed by atoms with E-state index in [4.69, 9.17) is 4.74 Å². The molecular formula is C22H23N3O2S. The normalized spacial score (nSPS) is 16.8. The molecule has 3 aromatic rings. The van der Waals surface area contributed by atoms with E-state index in [1.54, 1.807) is 18.4 Å². The molecule has 1 saturated heterocycles. The molecule has 1 amide bonds. The second kappa shape index (κ2) is 8.54. The molecule has 0 unspecified atom stereocenters. The van der Waals surface area contributed by atoms with Crippen molar-refractivity contribution in [1.82, 2.24) is 9.88 Å². The number of hydrogen-bond acceptors (Lipinski definition) is 5. The fourth-order valence-electron chi connectivity index (χ4n) is 3.67. The summed E-state index contributed by atoms with van der Waals surface area (Å²) in [6.45, 7) is 1.63. The first kappa shape index (κ1) is 18.7. The van der Waals surface area contributed by atoms with Crippen molar-refractivity contribution in [3.63, 3.8) is 0 Å². The van der Waals surface area contributed by atoms with Gasteiger partial charge in [0.25, 0.3) is 0 Å². The van der Waals surface area contributed by atoms with Gasteiger partial charge in [-0.2, -0.15) is 0 Å². The predicted octanol–water partition coefficient (Wildman–Crippen LogP) is 4.42. The second-order valence-corrected chi connectivity index (χ2v) is 7.60. The molecule has 1 aliphatic rings. The number of rotatable bonds is 6. The Morgan fingerprint density at radius 3 is 2.82 bits per heavy atom. The van der Waals surface area contributed by atoms with Gasteiger partial charge in [-0.25, -0.2) is 4.98 Å². The molecule has 1 aliphatic heterocycles. The van der Waals surface area contributed by atoms with E-state index in [2.05, 4.69) is 21.3 Å². The number of aromatic nitrogens is 1. The zero-order valence-electron chi connectivity index (χ0n) is 15.8. The molecule has 0 aliphatic carbocycles. The van der Waals surface area contributed by atoms with Gasteiger partial charge in [0.2, 0.25) is 5.91 Å². The van der Waals surface area contributed by atoms with Crippen molar-refractivity contribution < 1.29 is 9.53 Å². The van der Waals surface area contributed by atoms with Gasteiger partial charge in [0.05, 0.1) is 24.4 Å². The van der Waals surface area contributed by atoms with Crippen molar-refractivity contribution in [3.8, 4) is 17.0 Å². The molecule has 2 heterocycles. The maximum absolute atomic E-state index is 12.9. The summed E-state index contributed by atoms with van der Waals surface area (Å²) in [6.07, 6.45) is 1.90. The van der Waals surface area contributed by atoms with Gasteiger partial charge in [-0.05, 0) is 37.6 Å². The Morgan fingerprint density at radius 2 is 2.07 bits per heavy atom. The minimum atomic E-state index is -0.122. The van der Waals surface area contributed by atoms with E-state index in [-0.39, 0.29) is 11.9 Å². The van der Waals surface area contributed by atoms with E-state index < -0.39 is 0 Å². The Morgan fingerprint density at radius 1 is 1.25 bits per heavy atom. The molecule has 0 spiro atoms. The molecular weight excluding hydrogens is 370 g/mol. The highest BCUT2D eigenvalue weighted by atomic mass is 32.1. The second-order valence-electron chi connectivity index (χ2n) is 6.88. The Balaban J connectivity index is 1.42. The van der Waals surface area contributed by atoms with Crippen LogP contribution in [0.4, 0.5) is 5.69 Å². The summed E-state index contributed by atoms with van der Waals surface area (Å²) in [4.78, 5) is 19.4. The van der Waals surface area contributed by atoms with Gasteiger partial charge in [0.1, 0.15) is 5.75 Å². The Bertz CT molecular complexity index is 925. The molecule has 4 rings (SSSR count). The third-order valence-electron chi connectivity index (χ3n) is 5.11. The van der Waals surface area contributed by atoms with Crippen LogP contribution in [0, 0.1) is 0 Å². The van der Waals surface area contributed by atoms with Crippen molar-refractivity contribution in [2.75, 3.05) is 19.0 Å². The average Bonchev–Trinajstić information content (AvgIpc) is 3.41. The molecule has 1 aromatic heterocycles. The Labute approximate surface area is 169 Å². The fraction of sp³-hybridized carbons (Fsp3) is 0.273. The summed E-state index contributed by atoms with van der Waals surface area (Å²) < 4.78 is 5.46. The van der Waals surface area contributed by atoms with Crippen LogP contribution in [0.3, 0.4) is 0 Å². The number of carbonyl (C=O) groups excluding carboxylic acids is 1. The number of nitrogens with one attached hydrogen (secondary N) is 1. The van der Waals surface area contributed by atoms with Crippen LogP contribution in [0.1, 0.15) is 18.4 Å². The van der Waals surface area contributed by atoms with Gasteiger partial charge >= 0.3 is 0 Å². The molecule has 1 N–H and O–H groups in total. The van der Waals surface area contributed by atoms with Crippen LogP contribution in [0.2, 0.25) is 0 Å². The first-order chi connectivity index (χ1) is 13.7. The Hall–Kier alpha value is -2.70. The van der Waals surface area contributed by atoms with Crippen molar-refractivity contribution in [3.05, 3.63) is 65.0 Å². The summed E-state index contributed by atoms with van der Waals surface area (Å²) in [5.41, 5.74) is 5.76. The standard InChI is InChI=1S/C22H23N3O2S/c1-27-21-7-3-2-5-17(21)13-25-12-4-6-20(25)22(26)24-18-10-8-16(9-11-18)19-14-28-15-23-19/h2-3,5,7-11,14-15,20H,4,6,12-13H2,1H3,(H,24,26)/t20-/m1/s1. The highest BCUT2D eigenvalue weighted by molar-refractivity contribution is 7.07. The van der Waals surface area contributed by atoms with Gasteiger partial charge in [0, 0.05) is 28.7 Å². The lowest BCUT2D eigenvalue weighted by Crippen LogP contribution is -2.39. The molecule has 1 atom stereocenters. The number of benzene rings is 2. The van der Waals surface area contributed by atoms with Gasteiger partial charge in [-0.1, -0.05) is 30.3 Å². The van der Waals surface area contributed by atoms with Gasteiger partial charge in [0.15, 0.2) is 0 Å². The molecule has 144 valence electrons. The number of carbonyl (C=O) groups is 1. The Kier molecular flexibility index (Phi) is 5.69. The van der Waals surface area contributed by atoms with Crippen molar-refractivity contribution in [2.45, 2.75) is 25.4 Å². The van der Waals surface area contributed by atoms with Crippen LogP contribution >= 0.6 is 11.3 Å². The molecule has 5 nitrogen and oxygen atoms in total. The monoisotopic (exact) mass is 393 g/mol. The lowest BCUT2D eigenvalue weighted by atomic mass is 10.1. The quantitative estimate of drug-likeness (QED) is 0.673. The van der Waals surface area contributed by atoms with Gasteiger partial charge < -0.3 is 10.1 Å². The summed E-state index contributed by atoms with van der Waals surface area (Å²) in [7, 11) is 1.68. The predicted molar refractivity (Wildman–Crippen MR) is 113 cm³/mol. The smallest absolute Gasteiger partial charge is 0.241 e. The van der Waals surface area contributed by atoms with Crippen molar-refractivity contribution >= 4 is 22.9 Å². The maximum atomic E-state index is 12.9. The van der Waals surface area contributed by atoms with E-state index in [0.29, 0.717) is 6.54 Å². The number of nitrogens with zero attached hydrogens (tertiary/aromatic N) is 2. The largest absolute Gasteiger partial charge is 0.496 e. The summed E-state index contributed by atoms with van der Waals surface area (Å²) in [6, 6.07) is 15.7. The molecule has 28 heavy (non-hydrogen) atoms. The summed E-state index contributed by atoms with van der Waals surface area (Å²) in [5.74, 6) is 0.917. The molecule has 2 aromatic carbocycles. The summed E-state index contributed by atoms with van der Waals surface area (Å²) in [5, 5.41) is 5.09. The lowest BCUT2D eigenvalue weighted by Gasteiger charge is -2.24. The minimum Gasteiger partial charge on any atom is -0.496 e. The minimum absolute atomic E-state index is 0.0498. The topological polar surface area (TPSA) is 54.5 Å². The zero-order chi connectivity index (χ0) is 19.3. The number of thiazole rings is 1. The van der Waals surface area contributed by atoms with Crippen molar-refractivity contribution in [1.29, 1.82) is 0 Å². The number of likely N-dealkylation sites (tertiary alicyclic amines) is 1. The van der Waals surface area contributed by atoms with Gasteiger partial charge in [-0.3, -0.25) is 9.69 Å². The molecule has 0 bridgehead atoms. The summed E-state index contributed by atoms with van der Waals surface area (Å²) >= 11 is 1.57. The van der Waals surface area contributed by atoms with E-state index in [9.17, 15) is 4.79 Å². The third kappa shape index (κ3) is 4.08. The first-order valence-electron chi connectivity index (χ1n) is 9.40. The number of para-hydroxylation sites is 1. The number of hydrogen-bond donors (Lipinski definition) is 1. The zero-order valence-corrected chi connectivity index (χ0v) is 16.6. The average molecular weight is 394 g/mol.